The van der Waals surface area contributed by atoms with Gasteiger partial charge in [-0.15, -0.1) is 11.3 Å². The van der Waals surface area contributed by atoms with E-state index in [4.69, 9.17) is 10.5 Å². The molecular weight excluding hydrogens is 485 g/mol. The van der Waals surface area contributed by atoms with E-state index in [0.717, 1.165) is 13.1 Å². The molecule has 9 nitrogen and oxygen atoms in total. The van der Waals surface area contributed by atoms with Gasteiger partial charge in [-0.1, -0.05) is 6.07 Å². The first-order chi connectivity index (χ1) is 17.5. The van der Waals surface area contributed by atoms with Gasteiger partial charge in [0, 0.05) is 51.4 Å². The van der Waals surface area contributed by atoms with Gasteiger partial charge < -0.3 is 25.6 Å². The second kappa shape index (κ2) is 12.4. The van der Waals surface area contributed by atoms with Crippen LogP contribution < -0.4 is 11.1 Å². The fourth-order valence-electron chi connectivity index (χ4n) is 4.65. The highest BCUT2D eigenvalue weighted by Crippen LogP contribution is 2.27. The first-order valence-electron chi connectivity index (χ1n) is 12.2. The molecule has 11 heteroatoms. The van der Waals surface area contributed by atoms with Gasteiger partial charge in [0.25, 0.3) is 11.8 Å². The largest absolute Gasteiger partial charge is 0.379 e. The number of nitrogens with two attached hydrogens (primary N) is 1. The molecule has 2 aliphatic rings. The quantitative estimate of drug-likeness (QED) is 0.514. The summed E-state index contributed by atoms with van der Waals surface area (Å²) in [4.78, 5) is 46.1. The number of carbonyl (C=O) groups is 3. The summed E-state index contributed by atoms with van der Waals surface area (Å²) in [6.45, 7) is 4.82. The fraction of sp³-hybridized carbons (Fsp3) is 0.480. The summed E-state index contributed by atoms with van der Waals surface area (Å²) in [7, 11) is 0. The zero-order chi connectivity index (χ0) is 25.5. The molecule has 36 heavy (non-hydrogen) atoms. The van der Waals surface area contributed by atoms with Crippen molar-refractivity contribution in [1.82, 2.24) is 20.0 Å². The predicted octanol–water partition coefficient (Wildman–Crippen LogP) is 1.02. The number of hydrogen-bond donors (Lipinski definition) is 2. The molecule has 1 aromatic carbocycles. The molecule has 2 fully saturated rings. The van der Waals surface area contributed by atoms with Crippen molar-refractivity contribution in [2.75, 3.05) is 59.0 Å². The van der Waals surface area contributed by atoms with Crippen molar-refractivity contribution in [2.45, 2.75) is 18.5 Å². The Kier molecular flexibility index (Phi) is 9.03. The first kappa shape index (κ1) is 26.2. The maximum absolute atomic E-state index is 13.5. The lowest BCUT2D eigenvalue weighted by Crippen LogP contribution is -2.48. The number of nitrogens with zero attached hydrogens (tertiary/aromatic N) is 3. The van der Waals surface area contributed by atoms with Gasteiger partial charge >= 0.3 is 0 Å². The minimum Gasteiger partial charge on any atom is -0.379 e. The van der Waals surface area contributed by atoms with E-state index in [1.54, 1.807) is 11.0 Å². The Morgan fingerprint density at radius 1 is 1.17 bits per heavy atom. The Balaban J connectivity index is 1.57. The van der Waals surface area contributed by atoms with Crippen LogP contribution in [0.1, 0.15) is 26.5 Å². The van der Waals surface area contributed by atoms with Crippen LogP contribution in [-0.4, -0.2) is 104 Å². The second-order valence-electron chi connectivity index (χ2n) is 8.88. The van der Waals surface area contributed by atoms with Crippen molar-refractivity contribution in [3.05, 3.63) is 58.0 Å². The van der Waals surface area contributed by atoms with E-state index in [0.29, 0.717) is 37.6 Å². The Morgan fingerprint density at radius 3 is 2.58 bits per heavy atom. The average molecular weight is 518 g/mol. The summed E-state index contributed by atoms with van der Waals surface area (Å²) < 4.78 is 18.9. The smallest absolute Gasteiger partial charge is 0.264 e. The summed E-state index contributed by atoms with van der Waals surface area (Å²) in [6.07, 6.45) is 0.309. The highest BCUT2D eigenvalue weighted by Gasteiger charge is 2.43. The number of likely N-dealkylation sites (tertiary alicyclic amines) is 1. The molecule has 0 aliphatic carbocycles. The molecule has 1 aromatic heterocycles. The topological polar surface area (TPSA) is 108 Å². The Labute approximate surface area is 214 Å². The molecular formula is C25H32FN5O4S. The SMILES string of the molecule is NCCNC(=O)C1CC(N(CCN2CCOCC2)C(=O)c2cccs2)CN1C(=O)c1ccc(F)cc1. The third kappa shape index (κ3) is 6.28. The normalized spacial score (nSPS) is 20.3. The number of morpholine rings is 1. The number of halogens is 1. The molecule has 0 spiro atoms. The van der Waals surface area contributed by atoms with Gasteiger partial charge in [-0.3, -0.25) is 19.3 Å². The van der Waals surface area contributed by atoms with Crippen LogP contribution >= 0.6 is 11.3 Å². The molecule has 3 amide bonds. The Hall–Kier alpha value is -2.86. The van der Waals surface area contributed by atoms with Crippen molar-refractivity contribution >= 4 is 29.1 Å². The number of rotatable bonds is 9. The maximum Gasteiger partial charge on any atom is 0.264 e. The fourth-order valence-corrected chi connectivity index (χ4v) is 5.33. The lowest BCUT2D eigenvalue weighted by Gasteiger charge is -2.33. The highest BCUT2D eigenvalue weighted by atomic mass is 32.1. The van der Waals surface area contributed by atoms with E-state index in [9.17, 15) is 18.8 Å². The number of benzene rings is 1. The van der Waals surface area contributed by atoms with Crippen molar-refractivity contribution in [2.24, 2.45) is 5.73 Å². The minimum absolute atomic E-state index is 0.111. The van der Waals surface area contributed by atoms with Crippen LogP contribution in [0.3, 0.4) is 0 Å². The summed E-state index contributed by atoms with van der Waals surface area (Å²) >= 11 is 1.37. The van der Waals surface area contributed by atoms with Gasteiger partial charge in [0.05, 0.1) is 24.1 Å². The molecule has 194 valence electrons. The van der Waals surface area contributed by atoms with Crippen LogP contribution in [0.2, 0.25) is 0 Å². The van der Waals surface area contributed by atoms with Crippen molar-refractivity contribution < 1.29 is 23.5 Å². The summed E-state index contributed by atoms with van der Waals surface area (Å²) in [5.74, 6) is -1.24. The molecule has 2 atom stereocenters. The summed E-state index contributed by atoms with van der Waals surface area (Å²) in [6, 6.07) is 7.77. The lowest BCUT2D eigenvalue weighted by molar-refractivity contribution is -0.124. The van der Waals surface area contributed by atoms with Crippen LogP contribution in [0.15, 0.2) is 41.8 Å². The van der Waals surface area contributed by atoms with Crippen molar-refractivity contribution in [3.8, 4) is 0 Å². The highest BCUT2D eigenvalue weighted by molar-refractivity contribution is 7.12. The van der Waals surface area contributed by atoms with Crippen LogP contribution in [0, 0.1) is 5.82 Å². The number of thiophene rings is 1. The number of hydrogen-bond acceptors (Lipinski definition) is 7. The van der Waals surface area contributed by atoms with E-state index < -0.39 is 11.9 Å². The molecule has 0 bridgehead atoms. The molecule has 2 unspecified atom stereocenters. The van der Waals surface area contributed by atoms with Gasteiger partial charge in [0.15, 0.2) is 0 Å². The Morgan fingerprint density at radius 2 is 1.92 bits per heavy atom. The zero-order valence-corrected chi connectivity index (χ0v) is 20.9. The third-order valence-corrected chi connectivity index (χ3v) is 7.43. The van der Waals surface area contributed by atoms with E-state index in [1.807, 2.05) is 11.4 Å². The maximum atomic E-state index is 13.5. The van der Waals surface area contributed by atoms with E-state index >= 15 is 0 Å². The third-order valence-electron chi connectivity index (χ3n) is 6.57. The number of amides is 3. The minimum atomic E-state index is -0.763. The molecule has 3 heterocycles. The molecule has 2 saturated heterocycles. The number of carbonyl (C=O) groups excluding carboxylic acids is 3. The second-order valence-corrected chi connectivity index (χ2v) is 9.83. The van der Waals surface area contributed by atoms with Crippen molar-refractivity contribution in [3.63, 3.8) is 0 Å². The van der Waals surface area contributed by atoms with Crippen LogP contribution in [-0.2, 0) is 9.53 Å². The van der Waals surface area contributed by atoms with Crippen LogP contribution in [0.25, 0.3) is 0 Å². The average Bonchev–Trinajstić information content (AvgIpc) is 3.59. The molecule has 0 radical (unpaired) electrons. The zero-order valence-electron chi connectivity index (χ0n) is 20.1. The van der Waals surface area contributed by atoms with Gasteiger partial charge in [0.1, 0.15) is 11.9 Å². The van der Waals surface area contributed by atoms with Crippen LogP contribution in [0.5, 0.6) is 0 Å². The molecule has 2 aliphatic heterocycles. The number of ether oxygens (including phenoxy) is 1. The predicted molar refractivity (Wildman–Crippen MR) is 134 cm³/mol. The Bertz CT molecular complexity index is 1030. The van der Waals surface area contributed by atoms with Gasteiger partial charge in [-0.25, -0.2) is 4.39 Å². The van der Waals surface area contributed by atoms with Crippen LogP contribution in [0.4, 0.5) is 4.39 Å². The van der Waals surface area contributed by atoms with Gasteiger partial charge in [-0.05, 0) is 42.1 Å². The standard InChI is InChI=1S/C25H32FN5O4S/c26-19-5-3-18(4-6-19)24(33)31-17-20(16-21(31)23(32)28-8-7-27)30(25(34)22-2-1-15-36-22)10-9-29-11-13-35-14-12-29/h1-6,15,20-21H,7-14,16-17,27H2,(H,28,32). The summed E-state index contributed by atoms with van der Waals surface area (Å²) in [5, 5.41) is 4.63. The van der Waals surface area contributed by atoms with Crippen molar-refractivity contribution in [1.29, 1.82) is 0 Å². The summed E-state index contributed by atoms with van der Waals surface area (Å²) in [5.41, 5.74) is 5.85. The van der Waals surface area contributed by atoms with E-state index in [2.05, 4.69) is 10.2 Å². The number of nitrogens with one attached hydrogen (secondary N) is 1. The molecule has 3 N–H and O–H groups in total. The lowest BCUT2D eigenvalue weighted by atomic mass is 10.1. The molecule has 0 saturated carbocycles. The van der Waals surface area contributed by atoms with E-state index in [1.165, 1.54) is 40.5 Å². The van der Waals surface area contributed by atoms with Gasteiger partial charge in [-0.2, -0.15) is 0 Å². The van der Waals surface area contributed by atoms with Gasteiger partial charge in [0.2, 0.25) is 5.91 Å². The molecule has 2 aromatic rings. The molecule has 4 rings (SSSR count). The van der Waals surface area contributed by atoms with E-state index in [-0.39, 0.29) is 49.0 Å². The first-order valence-corrected chi connectivity index (χ1v) is 13.0. The monoisotopic (exact) mass is 517 g/mol.